The molecule has 2 saturated heterocycles. The fraction of sp³-hybridized carbons (Fsp3) is 0.889. The Bertz CT molecular complexity index is 205. The molecule has 2 heterocycles. The topological polar surface area (TPSA) is 29.5 Å². The van der Waals surface area contributed by atoms with Crippen molar-refractivity contribution < 1.29 is 9.53 Å². The van der Waals surface area contributed by atoms with E-state index < -0.39 is 0 Å². The number of hydrogen-bond donors (Lipinski definition) is 0. The van der Waals surface area contributed by atoms with Crippen molar-refractivity contribution in [2.75, 3.05) is 14.2 Å². The summed E-state index contributed by atoms with van der Waals surface area (Å²) >= 11 is 0. The molecule has 3 atom stereocenters. The van der Waals surface area contributed by atoms with Crippen LogP contribution in [-0.2, 0) is 9.53 Å². The normalized spacial score (nSPS) is 42.2. The van der Waals surface area contributed by atoms with Crippen molar-refractivity contribution in [1.29, 1.82) is 0 Å². The maximum atomic E-state index is 11.2. The summed E-state index contributed by atoms with van der Waals surface area (Å²) in [6.45, 7) is 0. The number of nitrogens with zero attached hydrogens (tertiary/aromatic N) is 1. The van der Waals surface area contributed by atoms with Gasteiger partial charge in [-0.2, -0.15) is 0 Å². The molecule has 0 saturated carbocycles. The van der Waals surface area contributed by atoms with Gasteiger partial charge in [-0.25, -0.2) is 0 Å². The Kier molecular flexibility index (Phi) is 1.93. The smallest absolute Gasteiger partial charge is 0.136 e. The molecule has 0 aliphatic carbocycles. The van der Waals surface area contributed by atoms with Gasteiger partial charge in [-0.15, -0.1) is 0 Å². The SMILES string of the molecule is CO[C@H]1C[C@@H]2CC(=O)C[C@H]1N2C. The van der Waals surface area contributed by atoms with Gasteiger partial charge in [0.05, 0.1) is 6.10 Å². The number of rotatable bonds is 1. The lowest BCUT2D eigenvalue weighted by Crippen LogP contribution is -2.42. The van der Waals surface area contributed by atoms with Crippen molar-refractivity contribution in [3.05, 3.63) is 0 Å². The molecule has 2 bridgehead atoms. The quantitative estimate of drug-likeness (QED) is 0.570. The Labute approximate surface area is 72.7 Å². The van der Waals surface area contributed by atoms with E-state index in [1.54, 1.807) is 7.11 Å². The van der Waals surface area contributed by atoms with Crippen LogP contribution in [0, 0.1) is 0 Å². The molecule has 3 heteroatoms. The molecule has 2 aliphatic heterocycles. The molecule has 0 unspecified atom stereocenters. The zero-order chi connectivity index (χ0) is 8.72. The third-order valence-electron chi connectivity index (χ3n) is 3.24. The van der Waals surface area contributed by atoms with Gasteiger partial charge in [0.25, 0.3) is 0 Å². The first-order chi connectivity index (χ1) is 5.72. The van der Waals surface area contributed by atoms with Gasteiger partial charge in [0, 0.05) is 32.0 Å². The lowest BCUT2D eigenvalue weighted by molar-refractivity contribution is -0.123. The van der Waals surface area contributed by atoms with Gasteiger partial charge < -0.3 is 4.74 Å². The maximum Gasteiger partial charge on any atom is 0.136 e. The van der Waals surface area contributed by atoms with Crippen molar-refractivity contribution in [2.45, 2.75) is 37.5 Å². The van der Waals surface area contributed by atoms with Crippen molar-refractivity contribution in [3.8, 4) is 0 Å². The highest BCUT2D eigenvalue weighted by molar-refractivity contribution is 5.81. The minimum atomic E-state index is 0.284. The predicted octanol–water partition coefficient (Wildman–Crippen LogP) is 0.437. The number of likely N-dealkylation sites (N-methyl/N-ethyl adjacent to an activating group) is 1. The summed E-state index contributed by atoms with van der Waals surface area (Å²) in [7, 11) is 3.84. The molecule has 12 heavy (non-hydrogen) atoms. The third-order valence-corrected chi connectivity index (χ3v) is 3.24. The summed E-state index contributed by atoms with van der Waals surface area (Å²) in [5, 5.41) is 0. The second-order valence-electron chi connectivity index (χ2n) is 3.84. The molecular weight excluding hydrogens is 154 g/mol. The van der Waals surface area contributed by atoms with Gasteiger partial charge in [0.2, 0.25) is 0 Å². The average molecular weight is 169 g/mol. The number of ether oxygens (including phenoxy) is 1. The van der Waals surface area contributed by atoms with E-state index in [1.165, 1.54) is 0 Å². The Morgan fingerprint density at radius 3 is 2.92 bits per heavy atom. The first-order valence-corrected chi connectivity index (χ1v) is 4.49. The van der Waals surface area contributed by atoms with Crippen LogP contribution in [0.1, 0.15) is 19.3 Å². The first kappa shape index (κ1) is 8.20. The van der Waals surface area contributed by atoms with E-state index in [9.17, 15) is 4.79 Å². The number of hydrogen-bond acceptors (Lipinski definition) is 3. The van der Waals surface area contributed by atoms with E-state index in [4.69, 9.17) is 4.74 Å². The fourth-order valence-electron chi connectivity index (χ4n) is 2.46. The van der Waals surface area contributed by atoms with Gasteiger partial charge in [0.1, 0.15) is 5.78 Å². The lowest BCUT2D eigenvalue weighted by atomic mass is 10.0. The van der Waals surface area contributed by atoms with Crippen LogP contribution >= 0.6 is 0 Å². The first-order valence-electron chi connectivity index (χ1n) is 4.49. The number of Topliss-reactive ketones (excluding diaryl/α,β-unsaturated/α-hetero) is 1. The standard InChI is InChI=1S/C9H15NO2/c1-10-6-3-7(11)5-8(10)9(4-6)12-2/h6,8-9H,3-5H2,1-2H3/t6-,8+,9-/m0/s1. The highest BCUT2D eigenvalue weighted by Gasteiger charge is 2.44. The molecule has 0 amide bonds. The van der Waals surface area contributed by atoms with E-state index in [0.29, 0.717) is 24.3 Å². The van der Waals surface area contributed by atoms with Crippen LogP contribution in [0.2, 0.25) is 0 Å². The summed E-state index contributed by atoms with van der Waals surface area (Å²) in [5.74, 6) is 0.405. The largest absolute Gasteiger partial charge is 0.380 e. The molecule has 0 spiro atoms. The second kappa shape index (κ2) is 2.82. The van der Waals surface area contributed by atoms with Gasteiger partial charge in [-0.3, -0.25) is 9.69 Å². The molecule has 2 aliphatic rings. The summed E-state index contributed by atoms with van der Waals surface area (Å²) < 4.78 is 5.35. The number of fused-ring (bicyclic) bond motifs is 2. The third kappa shape index (κ3) is 1.08. The van der Waals surface area contributed by atoms with E-state index in [0.717, 1.165) is 12.8 Å². The number of piperidine rings is 1. The molecule has 2 rings (SSSR count). The number of methoxy groups -OCH3 is 1. The zero-order valence-electron chi connectivity index (χ0n) is 7.62. The molecule has 0 radical (unpaired) electrons. The van der Waals surface area contributed by atoms with Crippen molar-refractivity contribution in [1.82, 2.24) is 4.90 Å². The van der Waals surface area contributed by atoms with E-state index in [2.05, 4.69) is 11.9 Å². The van der Waals surface area contributed by atoms with Crippen molar-refractivity contribution >= 4 is 5.78 Å². The summed E-state index contributed by atoms with van der Waals surface area (Å²) in [6, 6.07) is 0.794. The molecule has 3 nitrogen and oxygen atoms in total. The highest BCUT2D eigenvalue weighted by Crippen LogP contribution is 2.33. The number of carbonyl (C=O) groups excluding carboxylic acids is 1. The Morgan fingerprint density at radius 2 is 2.25 bits per heavy atom. The fourth-order valence-corrected chi connectivity index (χ4v) is 2.46. The Morgan fingerprint density at radius 1 is 1.50 bits per heavy atom. The summed E-state index contributed by atoms with van der Waals surface area (Å²) in [4.78, 5) is 13.5. The minimum absolute atomic E-state index is 0.284. The van der Waals surface area contributed by atoms with Crippen LogP contribution in [-0.4, -0.2) is 43.0 Å². The number of ketones is 1. The van der Waals surface area contributed by atoms with Gasteiger partial charge >= 0.3 is 0 Å². The number of carbonyl (C=O) groups is 1. The van der Waals surface area contributed by atoms with Crippen molar-refractivity contribution in [2.24, 2.45) is 0 Å². The lowest BCUT2D eigenvalue weighted by Gasteiger charge is -2.30. The Hall–Kier alpha value is -0.410. The van der Waals surface area contributed by atoms with E-state index in [-0.39, 0.29) is 6.10 Å². The summed E-state index contributed by atoms with van der Waals surface area (Å²) in [6.07, 6.45) is 2.73. The van der Waals surface area contributed by atoms with Crippen LogP contribution in [0.3, 0.4) is 0 Å². The van der Waals surface area contributed by atoms with Crippen molar-refractivity contribution in [3.63, 3.8) is 0 Å². The van der Waals surface area contributed by atoms with E-state index >= 15 is 0 Å². The predicted molar refractivity (Wildman–Crippen MR) is 45.0 cm³/mol. The van der Waals surface area contributed by atoms with Gasteiger partial charge in [-0.1, -0.05) is 0 Å². The van der Waals surface area contributed by atoms with Crippen LogP contribution in [0.5, 0.6) is 0 Å². The van der Waals surface area contributed by atoms with Gasteiger partial charge in [0.15, 0.2) is 0 Å². The average Bonchev–Trinajstić information content (AvgIpc) is 2.27. The Balaban J connectivity index is 2.16. The van der Waals surface area contributed by atoms with Crippen LogP contribution in [0.15, 0.2) is 0 Å². The molecule has 0 aromatic heterocycles. The van der Waals surface area contributed by atoms with Gasteiger partial charge in [-0.05, 0) is 13.5 Å². The zero-order valence-corrected chi connectivity index (χ0v) is 7.62. The second-order valence-corrected chi connectivity index (χ2v) is 3.84. The highest BCUT2D eigenvalue weighted by atomic mass is 16.5. The summed E-state index contributed by atoms with van der Waals surface area (Å²) in [5.41, 5.74) is 0. The maximum absolute atomic E-state index is 11.2. The van der Waals surface area contributed by atoms with Crippen LogP contribution < -0.4 is 0 Å². The molecule has 0 N–H and O–H groups in total. The minimum Gasteiger partial charge on any atom is -0.380 e. The van der Waals surface area contributed by atoms with E-state index in [1.807, 2.05) is 0 Å². The molecule has 68 valence electrons. The monoisotopic (exact) mass is 169 g/mol. The molecule has 2 fully saturated rings. The molecule has 0 aromatic carbocycles. The van der Waals surface area contributed by atoms with Crippen LogP contribution in [0.25, 0.3) is 0 Å². The molecular formula is C9H15NO2. The molecule has 0 aromatic rings. The van der Waals surface area contributed by atoms with Crippen LogP contribution in [0.4, 0.5) is 0 Å².